The molecule has 12 aromatic rings. The summed E-state index contributed by atoms with van der Waals surface area (Å²) in [6.07, 6.45) is 0. The molecule has 1 spiro atoms. The van der Waals surface area contributed by atoms with Gasteiger partial charge in [0, 0.05) is 38.2 Å². The minimum absolute atomic E-state index is 0.573. The third-order valence-corrected chi connectivity index (χ3v) is 13.4. The van der Waals surface area contributed by atoms with Crippen molar-refractivity contribution in [1.82, 2.24) is 15.0 Å². The molecule has 3 aromatic heterocycles. The van der Waals surface area contributed by atoms with Gasteiger partial charge in [-0.05, 0) is 98.1 Å². The molecule has 3 heterocycles. The Morgan fingerprint density at radius 2 is 0.730 bits per heavy atom. The van der Waals surface area contributed by atoms with Crippen molar-refractivity contribution in [3.8, 4) is 67.5 Å². The van der Waals surface area contributed by atoms with Gasteiger partial charge < -0.3 is 8.83 Å². The number of rotatable bonds is 3. The molecule has 0 radical (unpaired) electrons. The van der Waals surface area contributed by atoms with Gasteiger partial charge in [0.1, 0.15) is 22.3 Å². The van der Waals surface area contributed by atoms with E-state index in [-0.39, 0.29) is 0 Å². The molecule has 0 aliphatic heterocycles. The van der Waals surface area contributed by atoms with E-state index < -0.39 is 5.41 Å². The minimum Gasteiger partial charge on any atom is -0.456 e. The molecular formula is C58H33N3O2. The second kappa shape index (κ2) is 12.8. The van der Waals surface area contributed by atoms with Crippen molar-refractivity contribution in [2.45, 2.75) is 5.41 Å². The van der Waals surface area contributed by atoms with Crippen LogP contribution in [0, 0.1) is 0 Å². The topological polar surface area (TPSA) is 65.0 Å². The normalized spacial score (nSPS) is 13.2. The lowest BCUT2D eigenvalue weighted by molar-refractivity contribution is 0.668. The van der Waals surface area contributed by atoms with E-state index in [0.717, 1.165) is 60.6 Å². The van der Waals surface area contributed by atoms with Crippen LogP contribution in [0.5, 0.6) is 0 Å². The SMILES string of the molecule is c1ccc2c(c1)-c1ccccc1C1(c3ccccc3-2)c2ccccc2-c2ccc(-c3nc(-c4ccc5oc6ccccc6c5c4)nc(-c4cccc5oc6ccccc6c45)n3)cc21. The van der Waals surface area contributed by atoms with Gasteiger partial charge in [-0.15, -0.1) is 0 Å². The number of aromatic nitrogens is 3. The third-order valence-electron chi connectivity index (χ3n) is 13.4. The molecular weight excluding hydrogens is 771 g/mol. The van der Waals surface area contributed by atoms with Crippen molar-refractivity contribution in [3.05, 3.63) is 222 Å². The molecule has 0 unspecified atom stereocenters. The summed E-state index contributed by atoms with van der Waals surface area (Å²) in [5.74, 6) is 1.74. The maximum atomic E-state index is 6.38. The van der Waals surface area contributed by atoms with Crippen LogP contribution in [0.15, 0.2) is 209 Å². The maximum absolute atomic E-state index is 6.38. The second-order valence-electron chi connectivity index (χ2n) is 16.6. The van der Waals surface area contributed by atoms with Crippen LogP contribution in [0.1, 0.15) is 22.3 Å². The Labute approximate surface area is 361 Å². The Bertz CT molecular complexity index is 3830. The second-order valence-corrected chi connectivity index (χ2v) is 16.6. The number of para-hydroxylation sites is 2. The van der Waals surface area contributed by atoms with Crippen molar-refractivity contribution in [2.75, 3.05) is 0 Å². The van der Waals surface area contributed by atoms with Crippen LogP contribution < -0.4 is 0 Å². The van der Waals surface area contributed by atoms with Crippen LogP contribution in [-0.2, 0) is 5.41 Å². The number of hydrogen-bond donors (Lipinski definition) is 0. The van der Waals surface area contributed by atoms with E-state index in [9.17, 15) is 0 Å². The van der Waals surface area contributed by atoms with E-state index in [1.807, 2.05) is 60.7 Å². The highest BCUT2D eigenvalue weighted by Gasteiger charge is 2.49. The number of benzene rings is 9. The average Bonchev–Trinajstić information content (AvgIpc) is 3.99. The van der Waals surface area contributed by atoms with E-state index in [0.29, 0.717) is 17.5 Å². The van der Waals surface area contributed by atoms with E-state index in [4.69, 9.17) is 23.8 Å². The standard InChI is InChI=1S/C58H33N3O2/c1-2-15-37-36(14-1)38-16-3-8-22-46(38)58(47-23-9-4-17-39(37)47)48-24-10-5-18-40(48)41-30-28-35(33-49(41)58)56-59-55(34-29-31-52-45(32-34)42-19-6-11-25-50(42)62-52)60-57(61-56)44-21-13-27-53-54(44)43-20-7-12-26-51(43)63-53/h1-33H. The molecule has 0 bridgehead atoms. The molecule has 0 amide bonds. The lowest BCUT2D eigenvalue weighted by Gasteiger charge is -2.35. The number of furan rings is 2. The molecule has 0 fully saturated rings. The Hall–Kier alpha value is -8.41. The summed E-state index contributed by atoms with van der Waals surface area (Å²) in [5, 5.41) is 4.05. The van der Waals surface area contributed by atoms with Gasteiger partial charge in [0.2, 0.25) is 0 Å². The Morgan fingerprint density at radius 1 is 0.286 bits per heavy atom. The molecule has 0 saturated heterocycles. The highest BCUT2D eigenvalue weighted by molar-refractivity contribution is 6.12. The van der Waals surface area contributed by atoms with Gasteiger partial charge in [-0.2, -0.15) is 0 Å². The van der Waals surface area contributed by atoms with Gasteiger partial charge >= 0.3 is 0 Å². The van der Waals surface area contributed by atoms with Crippen LogP contribution >= 0.6 is 0 Å². The maximum Gasteiger partial charge on any atom is 0.164 e. The molecule has 14 rings (SSSR count). The van der Waals surface area contributed by atoms with Crippen molar-refractivity contribution >= 4 is 43.9 Å². The van der Waals surface area contributed by atoms with E-state index in [1.54, 1.807) is 0 Å². The predicted molar refractivity (Wildman–Crippen MR) is 252 cm³/mol. The molecule has 2 aliphatic rings. The first kappa shape index (κ1) is 34.3. The van der Waals surface area contributed by atoms with Crippen LogP contribution in [0.3, 0.4) is 0 Å². The van der Waals surface area contributed by atoms with Gasteiger partial charge in [-0.25, -0.2) is 15.0 Å². The van der Waals surface area contributed by atoms with Gasteiger partial charge in [-0.3, -0.25) is 0 Å². The highest BCUT2D eigenvalue weighted by atomic mass is 16.3. The molecule has 63 heavy (non-hydrogen) atoms. The third kappa shape index (κ3) is 4.73. The predicted octanol–water partition coefficient (Wildman–Crippen LogP) is 14.7. The number of fused-ring (bicyclic) bond motifs is 18. The van der Waals surface area contributed by atoms with E-state index in [2.05, 4.69) is 140 Å². The Morgan fingerprint density at radius 3 is 1.41 bits per heavy atom. The smallest absolute Gasteiger partial charge is 0.164 e. The van der Waals surface area contributed by atoms with E-state index in [1.165, 1.54) is 55.6 Å². The first-order chi connectivity index (χ1) is 31.2. The van der Waals surface area contributed by atoms with Crippen LogP contribution in [-0.4, -0.2) is 15.0 Å². The fourth-order valence-electron chi connectivity index (χ4n) is 10.8. The summed E-state index contributed by atoms with van der Waals surface area (Å²) in [5.41, 5.74) is 17.6. The molecule has 0 atom stereocenters. The first-order valence-electron chi connectivity index (χ1n) is 21.3. The summed E-state index contributed by atoms with van der Waals surface area (Å²) in [6.45, 7) is 0. The van der Waals surface area contributed by atoms with Crippen LogP contribution in [0.4, 0.5) is 0 Å². The Kier molecular flexibility index (Phi) is 6.97. The molecule has 0 N–H and O–H groups in total. The summed E-state index contributed by atoms with van der Waals surface area (Å²) in [6, 6.07) is 71.2. The monoisotopic (exact) mass is 803 g/mol. The van der Waals surface area contributed by atoms with Gasteiger partial charge in [0.15, 0.2) is 17.5 Å². The van der Waals surface area contributed by atoms with Crippen LogP contribution in [0.25, 0.3) is 111 Å². The first-order valence-corrected chi connectivity index (χ1v) is 21.3. The van der Waals surface area contributed by atoms with Crippen molar-refractivity contribution in [1.29, 1.82) is 0 Å². The summed E-state index contributed by atoms with van der Waals surface area (Å²) >= 11 is 0. The number of nitrogens with zero attached hydrogens (tertiary/aromatic N) is 3. The fourth-order valence-corrected chi connectivity index (χ4v) is 10.8. The minimum atomic E-state index is -0.637. The molecule has 2 aliphatic carbocycles. The van der Waals surface area contributed by atoms with Gasteiger partial charge in [0.25, 0.3) is 0 Å². The molecule has 292 valence electrons. The molecule has 0 saturated carbocycles. The quantitative estimate of drug-likeness (QED) is 0.178. The highest BCUT2D eigenvalue weighted by Crippen LogP contribution is 2.61. The molecule has 5 heteroatoms. The zero-order chi connectivity index (χ0) is 41.2. The van der Waals surface area contributed by atoms with E-state index >= 15 is 0 Å². The largest absolute Gasteiger partial charge is 0.456 e. The van der Waals surface area contributed by atoms with Crippen molar-refractivity contribution in [3.63, 3.8) is 0 Å². The summed E-state index contributed by atoms with van der Waals surface area (Å²) in [7, 11) is 0. The van der Waals surface area contributed by atoms with Crippen LogP contribution in [0.2, 0.25) is 0 Å². The summed E-state index contributed by atoms with van der Waals surface area (Å²) < 4.78 is 12.6. The summed E-state index contributed by atoms with van der Waals surface area (Å²) in [4.78, 5) is 16.1. The zero-order valence-electron chi connectivity index (χ0n) is 33.7. The van der Waals surface area contributed by atoms with Crippen molar-refractivity contribution in [2.24, 2.45) is 0 Å². The fraction of sp³-hybridized carbons (Fsp3) is 0.0172. The average molecular weight is 804 g/mol. The molecule has 9 aromatic carbocycles. The Balaban J connectivity index is 1.06. The van der Waals surface area contributed by atoms with Gasteiger partial charge in [0.05, 0.1) is 5.41 Å². The lowest BCUT2D eigenvalue weighted by atomic mass is 9.66. The number of hydrogen-bond acceptors (Lipinski definition) is 5. The molecule has 5 nitrogen and oxygen atoms in total. The lowest BCUT2D eigenvalue weighted by Crippen LogP contribution is -2.29. The van der Waals surface area contributed by atoms with Crippen molar-refractivity contribution < 1.29 is 8.83 Å². The van der Waals surface area contributed by atoms with Gasteiger partial charge in [-0.1, -0.05) is 158 Å². The zero-order valence-corrected chi connectivity index (χ0v) is 33.7.